The molecule has 1 aliphatic heterocycles. The monoisotopic (exact) mass is 398 g/mol. The summed E-state index contributed by atoms with van der Waals surface area (Å²) in [5.41, 5.74) is 3.04. The van der Waals surface area contributed by atoms with Gasteiger partial charge in [-0.15, -0.1) is 0 Å². The van der Waals surface area contributed by atoms with Crippen LogP contribution in [0.3, 0.4) is 0 Å². The van der Waals surface area contributed by atoms with Crippen LogP contribution in [0.5, 0.6) is 0 Å². The number of hydrogen-bond acceptors (Lipinski definition) is 4. The summed E-state index contributed by atoms with van der Waals surface area (Å²) in [4.78, 5) is 0.234. The topological polar surface area (TPSA) is 63.6 Å². The van der Waals surface area contributed by atoms with Crippen molar-refractivity contribution in [1.82, 2.24) is 0 Å². The number of aliphatic hydroxyl groups is 1. The van der Waals surface area contributed by atoms with Crippen LogP contribution in [0.25, 0.3) is 5.57 Å². The summed E-state index contributed by atoms with van der Waals surface area (Å²) in [7, 11) is -3.28. The Morgan fingerprint density at radius 3 is 2.24 bits per heavy atom. The van der Waals surface area contributed by atoms with Crippen LogP contribution in [0.4, 0.5) is 0 Å². The second kappa shape index (κ2) is 7.09. The van der Waals surface area contributed by atoms with Crippen molar-refractivity contribution in [1.29, 1.82) is 0 Å². The average molecular weight is 399 g/mol. The molecule has 0 bridgehead atoms. The Hall–Kier alpha value is -1.37. The first kappa shape index (κ1) is 18.4. The highest BCUT2D eigenvalue weighted by Gasteiger charge is 2.25. The molecular weight excluding hydrogens is 383 g/mol. The third-order valence-corrected chi connectivity index (χ3v) is 5.91. The Labute approximate surface area is 156 Å². The molecule has 0 aromatic heterocycles. The SMILES string of the molecule is CS(=O)(=O)c1ccc(/C(=C2\CCOC2O)c2ccc(Cl)c(Cl)c2)cc1. The van der Waals surface area contributed by atoms with Gasteiger partial charge in [-0.1, -0.05) is 41.4 Å². The molecule has 1 N–H and O–H groups in total. The molecule has 1 heterocycles. The zero-order valence-corrected chi connectivity index (χ0v) is 15.7. The minimum Gasteiger partial charge on any atom is -0.364 e. The van der Waals surface area contributed by atoms with Gasteiger partial charge in [-0.05, 0) is 53.0 Å². The van der Waals surface area contributed by atoms with Crippen LogP contribution in [0.15, 0.2) is 52.9 Å². The molecule has 25 heavy (non-hydrogen) atoms. The summed E-state index contributed by atoms with van der Waals surface area (Å²) in [6.07, 6.45) is 0.735. The molecular formula is C18H16Cl2O4S. The Balaban J connectivity index is 2.17. The first-order chi connectivity index (χ1) is 11.8. The van der Waals surface area contributed by atoms with Gasteiger partial charge in [0.15, 0.2) is 16.1 Å². The van der Waals surface area contributed by atoms with Gasteiger partial charge in [0.05, 0.1) is 21.5 Å². The molecule has 132 valence electrons. The number of rotatable bonds is 3. The Kier molecular flexibility index (Phi) is 5.23. The summed E-state index contributed by atoms with van der Waals surface area (Å²) >= 11 is 12.1. The van der Waals surface area contributed by atoms with E-state index < -0.39 is 16.1 Å². The zero-order valence-electron chi connectivity index (χ0n) is 13.4. The number of hydrogen-bond donors (Lipinski definition) is 1. The summed E-state index contributed by atoms with van der Waals surface area (Å²) in [5, 5.41) is 11.0. The highest BCUT2D eigenvalue weighted by atomic mass is 35.5. The summed E-state index contributed by atoms with van der Waals surface area (Å²) in [5.74, 6) is 0. The fourth-order valence-corrected chi connectivity index (χ4v) is 3.74. The van der Waals surface area contributed by atoms with Gasteiger partial charge < -0.3 is 9.84 Å². The number of sulfone groups is 1. The lowest BCUT2D eigenvalue weighted by Crippen LogP contribution is -2.08. The van der Waals surface area contributed by atoms with Gasteiger partial charge >= 0.3 is 0 Å². The molecule has 0 spiro atoms. The predicted molar refractivity (Wildman–Crippen MR) is 98.6 cm³/mol. The normalized spacial score (nSPS) is 19.9. The highest BCUT2D eigenvalue weighted by Crippen LogP contribution is 2.36. The standard InChI is InChI=1S/C18H16Cl2O4S/c1-25(22,23)13-5-2-11(3-6-13)17(14-8-9-24-18(14)21)12-4-7-15(19)16(20)10-12/h2-7,10,18,21H,8-9H2,1H3/b17-14-. The Morgan fingerprint density at radius 1 is 1.08 bits per heavy atom. The van der Waals surface area contributed by atoms with E-state index in [0.29, 0.717) is 23.1 Å². The predicted octanol–water partition coefficient (Wildman–Crippen LogP) is 3.94. The Bertz CT molecular complexity index is 934. The van der Waals surface area contributed by atoms with Crippen molar-refractivity contribution in [3.05, 3.63) is 69.2 Å². The van der Waals surface area contributed by atoms with Gasteiger partial charge in [0.25, 0.3) is 0 Å². The molecule has 1 unspecified atom stereocenters. The van der Waals surface area contributed by atoms with Crippen LogP contribution in [0.2, 0.25) is 10.0 Å². The van der Waals surface area contributed by atoms with Crippen LogP contribution in [-0.2, 0) is 14.6 Å². The van der Waals surface area contributed by atoms with Gasteiger partial charge in [-0.3, -0.25) is 0 Å². The van der Waals surface area contributed by atoms with E-state index in [0.717, 1.165) is 28.5 Å². The van der Waals surface area contributed by atoms with E-state index in [4.69, 9.17) is 27.9 Å². The number of ether oxygens (including phenoxy) is 1. The van der Waals surface area contributed by atoms with Crippen molar-refractivity contribution >= 4 is 38.6 Å². The third-order valence-electron chi connectivity index (χ3n) is 4.05. The molecule has 1 fully saturated rings. The second-order valence-electron chi connectivity index (χ2n) is 5.80. The summed E-state index contributed by atoms with van der Waals surface area (Å²) in [6, 6.07) is 11.7. The molecule has 0 saturated carbocycles. The lowest BCUT2D eigenvalue weighted by molar-refractivity contribution is -0.0392. The van der Waals surface area contributed by atoms with Crippen molar-refractivity contribution in [2.75, 3.05) is 12.9 Å². The van der Waals surface area contributed by atoms with E-state index in [9.17, 15) is 13.5 Å². The van der Waals surface area contributed by atoms with Crippen molar-refractivity contribution in [2.24, 2.45) is 0 Å². The summed E-state index contributed by atoms with van der Waals surface area (Å²) in [6.45, 7) is 0.419. The van der Waals surface area contributed by atoms with Crippen LogP contribution >= 0.6 is 23.2 Å². The summed E-state index contributed by atoms with van der Waals surface area (Å²) < 4.78 is 28.6. The molecule has 0 radical (unpaired) electrons. The number of halogens is 2. The number of benzene rings is 2. The lowest BCUT2D eigenvalue weighted by Gasteiger charge is -2.15. The van der Waals surface area contributed by atoms with Gasteiger partial charge in [0, 0.05) is 6.26 Å². The molecule has 4 nitrogen and oxygen atoms in total. The smallest absolute Gasteiger partial charge is 0.178 e. The average Bonchev–Trinajstić information content (AvgIpc) is 2.97. The van der Waals surface area contributed by atoms with Crippen molar-refractivity contribution in [3.8, 4) is 0 Å². The largest absolute Gasteiger partial charge is 0.364 e. The van der Waals surface area contributed by atoms with Crippen LogP contribution in [-0.4, -0.2) is 32.7 Å². The first-order valence-electron chi connectivity index (χ1n) is 7.56. The van der Waals surface area contributed by atoms with E-state index in [1.165, 1.54) is 0 Å². The van der Waals surface area contributed by atoms with E-state index in [2.05, 4.69) is 0 Å². The molecule has 2 aromatic rings. The van der Waals surface area contributed by atoms with Crippen LogP contribution in [0, 0.1) is 0 Å². The maximum Gasteiger partial charge on any atom is 0.178 e. The quantitative estimate of drug-likeness (QED) is 0.850. The molecule has 1 saturated heterocycles. The number of aliphatic hydroxyl groups excluding tert-OH is 1. The van der Waals surface area contributed by atoms with Crippen LogP contribution < -0.4 is 0 Å². The molecule has 1 aliphatic rings. The minimum absolute atomic E-state index is 0.234. The first-order valence-corrected chi connectivity index (χ1v) is 10.2. The van der Waals surface area contributed by atoms with Crippen molar-refractivity contribution in [2.45, 2.75) is 17.6 Å². The van der Waals surface area contributed by atoms with Gasteiger partial charge in [-0.25, -0.2) is 8.42 Å². The second-order valence-corrected chi connectivity index (χ2v) is 8.63. The van der Waals surface area contributed by atoms with Crippen molar-refractivity contribution < 1.29 is 18.3 Å². The fraction of sp³-hybridized carbons (Fsp3) is 0.222. The Morgan fingerprint density at radius 2 is 1.72 bits per heavy atom. The van der Waals surface area contributed by atoms with Gasteiger partial charge in [0.1, 0.15) is 0 Å². The lowest BCUT2D eigenvalue weighted by atomic mass is 9.92. The fourth-order valence-electron chi connectivity index (χ4n) is 2.81. The van der Waals surface area contributed by atoms with E-state index >= 15 is 0 Å². The van der Waals surface area contributed by atoms with Crippen molar-refractivity contribution in [3.63, 3.8) is 0 Å². The van der Waals surface area contributed by atoms with Gasteiger partial charge in [0.2, 0.25) is 0 Å². The highest BCUT2D eigenvalue weighted by molar-refractivity contribution is 7.90. The van der Waals surface area contributed by atoms with Gasteiger partial charge in [-0.2, -0.15) is 0 Å². The molecule has 0 amide bonds. The van der Waals surface area contributed by atoms with E-state index in [1.807, 2.05) is 6.07 Å². The molecule has 3 rings (SSSR count). The minimum atomic E-state index is -3.28. The molecule has 2 aromatic carbocycles. The third kappa shape index (κ3) is 3.91. The molecule has 7 heteroatoms. The molecule has 0 aliphatic carbocycles. The maximum absolute atomic E-state index is 11.7. The van der Waals surface area contributed by atoms with E-state index in [-0.39, 0.29) is 4.90 Å². The van der Waals surface area contributed by atoms with E-state index in [1.54, 1.807) is 36.4 Å². The zero-order chi connectivity index (χ0) is 18.2. The molecule has 1 atom stereocenters. The maximum atomic E-state index is 11.7. The van der Waals surface area contributed by atoms with Crippen LogP contribution in [0.1, 0.15) is 17.5 Å².